The number of carbonyl (C=O) groups is 1. The third kappa shape index (κ3) is 4.19. The number of benzene rings is 1. The number of amides is 1. The van der Waals surface area contributed by atoms with E-state index in [4.69, 9.17) is 4.98 Å². The Morgan fingerprint density at radius 2 is 2.19 bits per heavy atom. The van der Waals surface area contributed by atoms with Crippen LogP contribution in [0.25, 0.3) is 0 Å². The molecule has 5 heteroatoms. The first-order valence-electron chi connectivity index (χ1n) is 9.95. The van der Waals surface area contributed by atoms with Gasteiger partial charge in [0, 0.05) is 43.7 Å². The molecule has 0 N–H and O–H groups in total. The van der Waals surface area contributed by atoms with Crippen molar-refractivity contribution in [3.05, 3.63) is 58.7 Å². The minimum atomic E-state index is 0.184. The highest BCUT2D eigenvalue weighted by Gasteiger charge is 2.25. The van der Waals surface area contributed by atoms with Gasteiger partial charge in [0.1, 0.15) is 5.82 Å². The van der Waals surface area contributed by atoms with E-state index in [0.717, 1.165) is 42.2 Å². The number of rotatable bonds is 3. The highest BCUT2D eigenvalue weighted by molar-refractivity contribution is 5.79. The van der Waals surface area contributed by atoms with Crippen LogP contribution in [0.4, 0.5) is 0 Å². The zero-order valence-corrected chi connectivity index (χ0v) is 16.3. The lowest BCUT2D eigenvalue weighted by Gasteiger charge is -2.31. The van der Waals surface area contributed by atoms with E-state index in [1.54, 1.807) is 0 Å². The molecule has 1 atom stereocenters. The van der Waals surface area contributed by atoms with Gasteiger partial charge >= 0.3 is 0 Å². The Morgan fingerprint density at radius 1 is 1.30 bits per heavy atom. The van der Waals surface area contributed by atoms with Crippen LogP contribution in [-0.2, 0) is 24.2 Å². The highest BCUT2D eigenvalue weighted by atomic mass is 16.2. The smallest absolute Gasteiger partial charge is 0.227 e. The summed E-state index contributed by atoms with van der Waals surface area (Å²) in [7, 11) is 2.17. The van der Waals surface area contributed by atoms with Gasteiger partial charge in [-0.3, -0.25) is 4.79 Å². The van der Waals surface area contributed by atoms with Crippen molar-refractivity contribution in [1.29, 1.82) is 0 Å². The average Bonchev–Trinajstić information content (AvgIpc) is 2.67. The molecule has 3 heterocycles. The second-order valence-electron chi connectivity index (χ2n) is 8.03. The molecule has 1 amide bonds. The predicted octanol–water partition coefficient (Wildman–Crippen LogP) is 2.72. The van der Waals surface area contributed by atoms with Gasteiger partial charge < -0.3 is 9.80 Å². The molecule has 2 aliphatic rings. The fourth-order valence-corrected chi connectivity index (χ4v) is 4.23. The van der Waals surface area contributed by atoms with Crippen LogP contribution in [0.5, 0.6) is 0 Å². The quantitative estimate of drug-likeness (QED) is 0.840. The summed E-state index contributed by atoms with van der Waals surface area (Å²) >= 11 is 0. The molecule has 1 aromatic heterocycles. The van der Waals surface area contributed by atoms with Crippen LogP contribution in [0, 0.1) is 6.92 Å². The van der Waals surface area contributed by atoms with Crippen molar-refractivity contribution >= 4 is 5.91 Å². The normalized spacial score (nSPS) is 20.4. The van der Waals surface area contributed by atoms with Crippen molar-refractivity contribution in [3.8, 4) is 0 Å². The summed E-state index contributed by atoms with van der Waals surface area (Å²) in [6.07, 6.45) is 5.63. The lowest BCUT2D eigenvalue weighted by Crippen LogP contribution is -2.38. The van der Waals surface area contributed by atoms with Crippen LogP contribution in [0.2, 0.25) is 0 Å². The van der Waals surface area contributed by atoms with E-state index in [2.05, 4.69) is 36.0 Å². The molecule has 1 aromatic carbocycles. The molecule has 1 saturated heterocycles. The highest BCUT2D eigenvalue weighted by Crippen LogP contribution is 2.25. The Hall–Kier alpha value is -2.27. The fourth-order valence-electron chi connectivity index (χ4n) is 4.23. The molecule has 27 heavy (non-hydrogen) atoms. The molecule has 0 radical (unpaired) electrons. The second kappa shape index (κ2) is 7.77. The zero-order chi connectivity index (χ0) is 18.8. The molecular formula is C22H28N4O. The number of aryl methyl sites for hydroxylation is 1. The third-order valence-corrected chi connectivity index (χ3v) is 5.73. The van der Waals surface area contributed by atoms with Crippen LogP contribution >= 0.6 is 0 Å². The molecule has 0 bridgehead atoms. The summed E-state index contributed by atoms with van der Waals surface area (Å²) in [6.45, 7) is 5.65. The number of fused-ring (bicyclic) bond motifs is 1. The van der Waals surface area contributed by atoms with Gasteiger partial charge in [0.25, 0.3) is 0 Å². The first-order chi connectivity index (χ1) is 13.1. The van der Waals surface area contributed by atoms with Gasteiger partial charge in [-0.05, 0) is 38.9 Å². The Bertz CT molecular complexity index is 835. The molecule has 142 valence electrons. The van der Waals surface area contributed by atoms with E-state index < -0.39 is 0 Å². The van der Waals surface area contributed by atoms with E-state index in [-0.39, 0.29) is 5.91 Å². The number of likely N-dealkylation sites (N-methyl/N-ethyl adjacent to an activating group) is 1. The number of likely N-dealkylation sites (tertiary alicyclic amines) is 1. The Morgan fingerprint density at radius 3 is 3.00 bits per heavy atom. The molecule has 2 aromatic rings. The third-order valence-electron chi connectivity index (χ3n) is 5.73. The monoisotopic (exact) mass is 364 g/mol. The summed E-state index contributed by atoms with van der Waals surface area (Å²) in [5.41, 5.74) is 4.51. The average molecular weight is 364 g/mol. The van der Waals surface area contributed by atoms with Gasteiger partial charge in [0.05, 0.1) is 12.1 Å². The first-order valence-corrected chi connectivity index (χ1v) is 9.95. The maximum Gasteiger partial charge on any atom is 0.227 e. The zero-order valence-electron chi connectivity index (χ0n) is 16.3. The van der Waals surface area contributed by atoms with Crippen LogP contribution in [-0.4, -0.2) is 52.4 Å². The standard InChI is InChI=1S/C22H28N4O/c1-16-5-3-6-17(11-16)12-21(27)26-10-8-20-19(15-26)13-23-22(24-20)18-7-4-9-25(2)14-18/h3,5-6,11,13,18H,4,7-10,12,14-15H2,1-2H3/t18-/m1/s1. The Kier molecular flexibility index (Phi) is 5.21. The largest absolute Gasteiger partial charge is 0.338 e. The molecule has 0 aliphatic carbocycles. The number of piperidine rings is 1. The molecule has 0 unspecified atom stereocenters. The van der Waals surface area contributed by atoms with E-state index in [9.17, 15) is 4.79 Å². The van der Waals surface area contributed by atoms with Crippen LogP contribution in [0.1, 0.15) is 47.0 Å². The first kappa shape index (κ1) is 18.1. The van der Waals surface area contributed by atoms with E-state index >= 15 is 0 Å². The lowest BCUT2D eigenvalue weighted by molar-refractivity contribution is -0.131. The summed E-state index contributed by atoms with van der Waals surface area (Å²) in [4.78, 5) is 26.6. The number of aromatic nitrogens is 2. The van der Waals surface area contributed by atoms with Gasteiger partial charge in [-0.1, -0.05) is 29.8 Å². The van der Waals surface area contributed by atoms with E-state index in [1.807, 2.05) is 23.2 Å². The number of nitrogens with zero attached hydrogens (tertiary/aromatic N) is 4. The summed E-state index contributed by atoms with van der Waals surface area (Å²) in [6, 6.07) is 8.19. The molecule has 0 spiro atoms. The van der Waals surface area contributed by atoms with Crippen molar-refractivity contribution in [2.24, 2.45) is 0 Å². The van der Waals surface area contributed by atoms with Crippen LogP contribution in [0.15, 0.2) is 30.5 Å². The van der Waals surface area contributed by atoms with Gasteiger partial charge in [-0.15, -0.1) is 0 Å². The molecule has 5 nitrogen and oxygen atoms in total. The van der Waals surface area contributed by atoms with Crippen molar-refractivity contribution in [2.75, 3.05) is 26.7 Å². The summed E-state index contributed by atoms with van der Waals surface area (Å²) < 4.78 is 0. The van der Waals surface area contributed by atoms with E-state index in [1.165, 1.54) is 24.9 Å². The summed E-state index contributed by atoms with van der Waals surface area (Å²) in [5.74, 6) is 1.61. The Labute approximate surface area is 161 Å². The molecule has 4 rings (SSSR count). The van der Waals surface area contributed by atoms with Crippen molar-refractivity contribution in [2.45, 2.75) is 45.1 Å². The van der Waals surface area contributed by atoms with Crippen molar-refractivity contribution in [1.82, 2.24) is 19.8 Å². The van der Waals surface area contributed by atoms with Crippen LogP contribution in [0.3, 0.4) is 0 Å². The SMILES string of the molecule is Cc1cccc(CC(=O)N2CCc3nc([C@@H]4CCCN(C)C4)ncc3C2)c1. The summed E-state index contributed by atoms with van der Waals surface area (Å²) in [5, 5.41) is 0. The van der Waals surface area contributed by atoms with Gasteiger partial charge in [0.15, 0.2) is 0 Å². The maximum atomic E-state index is 12.7. The van der Waals surface area contributed by atoms with Crippen molar-refractivity contribution in [3.63, 3.8) is 0 Å². The fraction of sp³-hybridized carbons (Fsp3) is 0.500. The number of hydrogen-bond donors (Lipinski definition) is 0. The minimum absolute atomic E-state index is 0.184. The molecule has 1 fully saturated rings. The molecule has 2 aliphatic heterocycles. The van der Waals surface area contributed by atoms with Gasteiger partial charge in [0.2, 0.25) is 5.91 Å². The van der Waals surface area contributed by atoms with Crippen LogP contribution < -0.4 is 0 Å². The van der Waals surface area contributed by atoms with Crippen molar-refractivity contribution < 1.29 is 4.79 Å². The number of carbonyl (C=O) groups excluding carboxylic acids is 1. The number of hydrogen-bond acceptors (Lipinski definition) is 4. The predicted molar refractivity (Wildman–Crippen MR) is 106 cm³/mol. The molecule has 0 saturated carbocycles. The molecular weight excluding hydrogens is 336 g/mol. The van der Waals surface area contributed by atoms with Gasteiger partial charge in [-0.25, -0.2) is 9.97 Å². The maximum absolute atomic E-state index is 12.7. The Balaban J connectivity index is 1.43. The lowest BCUT2D eigenvalue weighted by atomic mass is 9.97. The minimum Gasteiger partial charge on any atom is -0.338 e. The van der Waals surface area contributed by atoms with E-state index in [0.29, 0.717) is 18.9 Å². The topological polar surface area (TPSA) is 49.3 Å². The second-order valence-corrected chi connectivity index (χ2v) is 8.03. The van der Waals surface area contributed by atoms with Gasteiger partial charge in [-0.2, -0.15) is 0 Å².